The summed E-state index contributed by atoms with van der Waals surface area (Å²) in [4.78, 5) is 3.94. The minimum atomic E-state index is -3.65. The molecule has 0 amide bonds. The summed E-state index contributed by atoms with van der Waals surface area (Å²) in [6.07, 6.45) is 2.18. The molecule has 0 saturated carbocycles. The highest BCUT2D eigenvalue weighted by Gasteiger charge is 2.30. The molecule has 4 nitrogen and oxygen atoms in total. The highest BCUT2D eigenvalue weighted by Crippen LogP contribution is 2.29. The van der Waals surface area contributed by atoms with E-state index in [-0.39, 0.29) is 10.0 Å². The molecule has 0 radical (unpaired) electrons. The monoisotopic (exact) mass is 386 g/mol. The summed E-state index contributed by atoms with van der Waals surface area (Å²) in [6, 6.07) is 9.37. The van der Waals surface area contributed by atoms with E-state index in [2.05, 4.69) is 20.9 Å². The molecule has 1 aliphatic rings. The number of benzene rings is 1. The minimum Gasteiger partial charge on any atom is -0.242 e. The van der Waals surface area contributed by atoms with Gasteiger partial charge in [-0.2, -0.15) is 4.31 Å². The van der Waals surface area contributed by atoms with Crippen molar-refractivity contribution in [3.05, 3.63) is 57.3 Å². The van der Waals surface area contributed by atoms with Gasteiger partial charge in [-0.1, -0.05) is 35.9 Å². The maximum Gasteiger partial charge on any atom is 0.246 e. The van der Waals surface area contributed by atoms with E-state index in [1.807, 2.05) is 24.3 Å². The standard InChI is InChI=1S/C14H12BrClN2O2S/c15-12-7-13(14(16)17-8-12)21(19,20)18-6-5-10-3-1-2-4-11(10)9-18/h1-4,7-8H,5-6,9H2. The van der Waals surface area contributed by atoms with Gasteiger partial charge in [0.15, 0.2) is 0 Å². The number of hydrogen-bond donors (Lipinski definition) is 0. The van der Waals surface area contributed by atoms with E-state index < -0.39 is 10.0 Å². The molecule has 0 bridgehead atoms. The molecule has 0 N–H and O–H groups in total. The predicted octanol–water partition coefficient (Wildman–Crippen LogP) is 3.24. The fraction of sp³-hybridized carbons (Fsp3) is 0.214. The summed E-state index contributed by atoms with van der Waals surface area (Å²) < 4.78 is 27.5. The normalized spacial score (nSPS) is 15.7. The Morgan fingerprint density at radius 3 is 2.71 bits per heavy atom. The quantitative estimate of drug-likeness (QED) is 0.743. The van der Waals surface area contributed by atoms with Crippen LogP contribution in [0, 0.1) is 0 Å². The third kappa shape index (κ3) is 2.85. The molecule has 1 aliphatic heterocycles. The van der Waals surface area contributed by atoms with E-state index in [4.69, 9.17) is 11.6 Å². The Bertz CT molecular complexity index is 795. The molecule has 21 heavy (non-hydrogen) atoms. The first-order valence-corrected chi connectivity index (χ1v) is 8.97. The number of halogens is 2. The van der Waals surface area contributed by atoms with E-state index in [9.17, 15) is 8.42 Å². The van der Waals surface area contributed by atoms with Crippen molar-refractivity contribution < 1.29 is 8.42 Å². The van der Waals surface area contributed by atoms with Crippen LogP contribution in [-0.4, -0.2) is 24.3 Å². The number of aromatic nitrogens is 1. The average Bonchev–Trinajstić information content (AvgIpc) is 2.49. The lowest BCUT2D eigenvalue weighted by Gasteiger charge is -2.28. The summed E-state index contributed by atoms with van der Waals surface area (Å²) in [5.74, 6) is 0. The Hall–Kier alpha value is -0.950. The third-order valence-corrected chi connectivity index (χ3v) is 6.19. The number of fused-ring (bicyclic) bond motifs is 1. The number of hydrogen-bond acceptors (Lipinski definition) is 3. The van der Waals surface area contributed by atoms with Crippen molar-refractivity contribution in [2.75, 3.05) is 6.54 Å². The van der Waals surface area contributed by atoms with Crippen LogP contribution < -0.4 is 0 Å². The van der Waals surface area contributed by atoms with Crippen molar-refractivity contribution in [3.8, 4) is 0 Å². The van der Waals surface area contributed by atoms with E-state index in [1.165, 1.54) is 22.1 Å². The number of sulfonamides is 1. The van der Waals surface area contributed by atoms with Crippen LogP contribution in [0.2, 0.25) is 5.15 Å². The van der Waals surface area contributed by atoms with Gasteiger partial charge in [-0.3, -0.25) is 0 Å². The highest BCUT2D eigenvalue weighted by molar-refractivity contribution is 9.10. The van der Waals surface area contributed by atoms with E-state index in [0.29, 0.717) is 24.0 Å². The summed E-state index contributed by atoms with van der Waals surface area (Å²) in [5.41, 5.74) is 2.23. The van der Waals surface area contributed by atoms with Gasteiger partial charge in [0.2, 0.25) is 10.0 Å². The molecule has 110 valence electrons. The number of nitrogens with zero attached hydrogens (tertiary/aromatic N) is 2. The van der Waals surface area contributed by atoms with Gasteiger partial charge in [-0.05, 0) is 39.5 Å². The van der Waals surface area contributed by atoms with Gasteiger partial charge in [-0.15, -0.1) is 0 Å². The second kappa shape index (κ2) is 5.68. The molecule has 7 heteroatoms. The van der Waals surface area contributed by atoms with Crippen molar-refractivity contribution in [3.63, 3.8) is 0 Å². The van der Waals surface area contributed by atoms with Gasteiger partial charge in [0.25, 0.3) is 0 Å². The second-order valence-corrected chi connectivity index (χ2v) is 7.98. The first-order chi connectivity index (χ1) is 9.98. The van der Waals surface area contributed by atoms with Crippen LogP contribution in [0.1, 0.15) is 11.1 Å². The molecule has 0 spiro atoms. The summed E-state index contributed by atoms with van der Waals surface area (Å²) in [6.45, 7) is 0.809. The van der Waals surface area contributed by atoms with Crippen LogP contribution >= 0.6 is 27.5 Å². The van der Waals surface area contributed by atoms with Crippen molar-refractivity contribution in [2.45, 2.75) is 17.9 Å². The Kier molecular flexibility index (Phi) is 4.05. The van der Waals surface area contributed by atoms with Crippen LogP contribution in [0.15, 0.2) is 45.9 Å². The van der Waals surface area contributed by atoms with Crippen LogP contribution in [0.5, 0.6) is 0 Å². The minimum absolute atomic E-state index is 0.00272. The van der Waals surface area contributed by atoms with Gasteiger partial charge < -0.3 is 0 Å². The highest BCUT2D eigenvalue weighted by atomic mass is 79.9. The maximum atomic E-state index is 12.8. The van der Waals surface area contributed by atoms with Gasteiger partial charge in [0.05, 0.1) is 0 Å². The van der Waals surface area contributed by atoms with Crippen LogP contribution in [-0.2, 0) is 23.0 Å². The SMILES string of the molecule is O=S(=O)(c1cc(Br)cnc1Cl)N1CCc2ccccc2C1. The Morgan fingerprint density at radius 2 is 1.95 bits per heavy atom. The molecule has 2 heterocycles. The molecule has 3 rings (SSSR count). The van der Waals surface area contributed by atoms with Crippen molar-refractivity contribution >= 4 is 37.6 Å². The van der Waals surface area contributed by atoms with Crippen LogP contribution in [0.4, 0.5) is 0 Å². The summed E-state index contributed by atoms with van der Waals surface area (Å²) in [5, 5.41) is -0.00272. The Labute approximate surface area is 136 Å². The fourth-order valence-electron chi connectivity index (χ4n) is 2.40. The molecule has 0 unspecified atom stereocenters. The van der Waals surface area contributed by atoms with E-state index >= 15 is 0 Å². The van der Waals surface area contributed by atoms with Crippen molar-refractivity contribution in [1.82, 2.24) is 9.29 Å². The van der Waals surface area contributed by atoms with Gasteiger partial charge >= 0.3 is 0 Å². The fourth-order valence-corrected chi connectivity index (χ4v) is 4.74. The number of pyridine rings is 1. The van der Waals surface area contributed by atoms with Crippen LogP contribution in [0.25, 0.3) is 0 Å². The van der Waals surface area contributed by atoms with Gasteiger partial charge in [0, 0.05) is 23.8 Å². The van der Waals surface area contributed by atoms with E-state index in [1.54, 1.807) is 0 Å². The predicted molar refractivity (Wildman–Crippen MR) is 84.7 cm³/mol. The Morgan fingerprint density at radius 1 is 1.24 bits per heavy atom. The molecule has 1 aromatic carbocycles. The zero-order valence-electron chi connectivity index (χ0n) is 11.0. The zero-order chi connectivity index (χ0) is 15.0. The van der Waals surface area contributed by atoms with Gasteiger partial charge in [0.1, 0.15) is 10.0 Å². The molecular formula is C14H12BrClN2O2S. The first-order valence-electron chi connectivity index (χ1n) is 6.36. The summed E-state index contributed by atoms with van der Waals surface area (Å²) in [7, 11) is -3.65. The molecule has 0 atom stereocenters. The lowest BCUT2D eigenvalue weighted by molar-refractivity contribution is 0.391. The lowest BCUT2D eigenvalue weighted by Crippen LogP contribution is -2.36. The van der Waals surface area contributed by atoms with Crippen LogP contribution in [0.3, 0.4) is 0 Å². The molecule has 0 fully saturated rings. The average molecular weight is 388 g/mol. The van der Waals surface area contributed by atoms with Crippen molar-refractivity contribution in [1.29, 1.82) is 0 Å². The summed E-state index contributed by atoms with van der Waals surface area (Å²) >= 11 is 9.20. The topological polar surface area (TPSA) is 50.3 Å². The molecule has 1 aromatic heterocycles. The third-order valence-electron chi connectivity index (χ3n) is 3.49. The zero-order valence-corrected chi connectivity index (χ0v) is 14.1. The van der Waals surface area contributed by atoms with Crippen molar-refractivity contribution in [2.24, 2.45) is 0 Å². The Balaban J connectivity index is 1.99. The largest absolute Gasteiger partial charge is 0.246 e. The van der Waals surface area contributed by atoms with Gasteiger partial charge in [-0.25, -0.2) is 13.4 Å². The first kappa shape index (κ1) is 15.0. The smallest absolute Gasteiger partial charge is 0.242 e. The maximum absolute atomic E-state index is 12.8. The lowest BCUT2D eigenvalue weighted by atomic mass is 10.0. The number of rotatable bonds is 2. The molecule has 0 aliphatic carbocycles. The molecule has 2 aromatic rings. The molecular weight excluding hydrogens is 376 g/mol. The molecule has 0 saturated heterocycles. The second-order valence-electron chi connectivity index (χ2n) is 4.80. The van der Waals surface area contributed by atoms with E-state index in [0.717, 1.165) is 5.56 Å².